The Balaban J connectivity index is 1.84. The van der Waals surface area contributed by atoms with Crippen LogP contribution < -0.4 is 0 Å². The average molecular weight is 598 g/mol. The molecular weight excluding hydrogens is 588 g/mol. The lowest BCUT2D eigenvalue weighted by atomic mass is 10.2. The molecule has 4 nitrogen and oxygen atoms in total. The van der Waals surface area contributed by atoms with Crippen LogP contribution in [0.2, 0.25) is 5.02 Å². The maximum atomic E-state index is 12.6. The average Bonchev–Trinajstić information content (AvgIpc) is 2.82. The van der Waals surface area contributed by atoms with Crippen molar-refractivity contribution < 1.29 is 14.7 Å². The first-order valence-electron chi connectivity index (χ1n) is 7.03. The summed E-state index contributed by atoms with van der Waals surface area (Å²) < 4.78 is 1.38. The van der Waals surface area contributed by atoms with E-state index in [0.29, 0.717) is 17.1 Å². The Morgan fingerprint density at radius 3 is 2.32 bits per heavy atom. The van der Waals surface area contributed by atoms with E-state index in [1.165, 1.54) is 4.90 Å². The van der Waals surface area contributed by atoms with Crippen LogP contribution in [0.5, 0.6) is 5.75 Å². The van der Waals surface area contributed by atoms with Crippen LogP contribution in [0.1, 0.15) is 11.1 Å². The van der Waals surface area contributed by atoms with Crippen molar-refractivity contribution in [1.82, 2.24) is 4.90 Å². The Kier molecular flexibility index (Phi) is 5.96. The van der Waals surface area contributed by atoms with Gasteiger partial charge in [-0.15, -0.1) is 0 Å². The van der Waals surface area contributed by atoms with Crippen LogP contribution in [0.15, 0.2) is 41.3 Å². The second-order valence-electron chi connectivity index (χ2n) is 5.23. The summed E-state index contributed by atoms with van der Waals surface area (Å²) in [6.45, 7) is 0.212. The fourth-order valence-electron chi connectivity index (χ4n) is 2.23. The number of hydrogen-bond donors (Lipinski definition) is 1. The smallest absolute Gasteiger partial charge is 0.293 e. The summed E-state index contributed by atoms with van der Waals surface area (Å²) in [5.41, 5.74) is 1.60. The van der Waals surface area contributed by atoms with Crippen LogP contribution >= 0.6 is 68.5 Å². The first-order valence-corrected chi connectivity index (χ1v) is 10.4. The normalized spacial score (nSPS) is 16.1. The number of phenolic OH excluding ortho intramolecular Hbond substituents is 1. The molecule has 0 spiro atoms. The number of aromatic hydroxyl groups is 1. The molecule has 1 saturated heterocycles. The molecular formula is C17H10ClI2NO3S. The highest BCUT2D eigenvalue weighted by Gasteiger charge is 2.35. The molecule has 2 aromatic rings. The number of thioether (sulfide) groups is 1. The van der Waals surface area contributed by atoms with E-state index in [1.807, 2.05) is 45.2 Å². The van der Waals surface area contributed by atoms with Gasteiger partial charge in [-0.05, 0) is 98.4 Å². The Bertz CT molecular complexity index is 876. The van der Waals surface area contributed by atoms with Crippen molar-refractivity contribution in [2.24, 2.45) is 0 Å². The fraction of sp³-hybridized carbons (Fsp3) is 0.0588. The van der Waals surface area contributed by atoms with Gasteiger partial charge in [-0.25, -0.2) is 0 Å². The third-order valence-electron chi connectivity index (χ3n) is 3.46. The minimum atomic E-state index is -0.317. The lowest BCUT2D eigenvalue weighted by molar-refractivity contribution is -0.123. The second kappa shape index (κ2) is 7.85. The van der Waals surface area contributed by atoms with Gasteiger partial charge in [-0.3, -0.25) is 14.5 Å². The molecule has 0 aromatic heterocycles. The number of carbonyl (C=O) groups excluding carboxylic acids is 2. The van der Waals surface area contributed by atoms with E-state index < -0.39 is 0 Å². The quantitative estimate of drug-likeness (QED) is 0.376. The standard InChI is InChI=1S/C17H10ClI2NO3S/c18-11-3-1-9(2-4-11)8-21-16(23)14(25-17(21)24)7-10-5-12(19)15(22)13(20)6-10/h1-7,22H,8H2/b14-7-. The molecule has 2 amide bonds. The summed E-state index contributed by atoms with van der Waals surface area (Å²) in [7, 11) is 0. The number of hydrogen-bond acceptors (Lipinski definition) is 4. The summed E-state index contributed by atoms with van der Waals surface area (Å²) in [5.74, 6) is -0.0998. The van der Waals surface area contributed by atoms with Gasteiger partial charge in [0.25, 0.3) is 11.1 Å². The zero-order valence-corrected chi connectivity index (χ0v) is 18.4. The summed E-state index contributed by atoms with van der Waals surface area (Å²) in [6, 6.07) is 10.6. The van der Waals surface area contributed by atoms with Gasteiger partial charge in [-0.2, -0.15) is 0 Å². The van der Waals surface area contributed by atoms with Gasteiger partial charge >= 0.3 is 0 Å². The van der Waals surface area contributed by atoms with E-state index in [2.05, 4.69) is 0 Å². The zero-order valence-electron chi connectivity index (χ0n) is 12.5. The number of rotatable bonds is 3. The number of phenols is 1. The van der Waals surface area contributed by atoms with Crippen LogP contribution in [0.3, 0.4) is 0 Å². The maximum absolute atomic E-state index is 12.6. The Morgan fingerprint density at radius 2 is 1.72 bits per heavy atom. The van der Waals surface area contributed by atoms with E-state index in [9.17, 15) is 14.7 Å². The summed E-state index contributed by atoms with van der Waals surface area (Å²) in [5, 5.41) is 10.1. The highest BCUT2D eigenvalue weighted by molar-refractivity contribution is 14.1. The molecule has 3 rings (SSSR count). The molecule has 0 radical (unpaired) electrons. The van der Waals surface area contributed by atoms with Gasteiger partial charge < -0.3 is 5.11 Å². The highest BCUT2D eigenvalue weighted by atomic mass is 127. The molecule has 128 valence electrons. The molecule has 0 atom stereocenters. The molecule has 1 heterocycles. The molecule has 1 aliphatic rings. The van der Waals surface area contributed by atoms with Crippen LogP contribution in [-0.4, -0.2) is 21.2 Å². The van der Waals surface area contributed by atoms with Gasteiger partial charge in [0.15, 0.2) is 0 Å². The number of imide groups is 1. The Labute approximate surface area is 180 Å². The topological polar surface area (TPSA) is 57.6 Å². The lowest BCUT2D eigenvalue weighted by Crippen LogP contribution is -2.27. The molecule has 2 aromatic carbocycles. The molecule has 1 N–H and O–H groups in total. The van der Waals surface area contributed by atoms with E-state index in [-0.39, 0.29) is 23.4 Å². The van der Waals surface area contributed by atoms with Crippen LogP contribution in [0, 0.1) is 7.14 Å². The minimum Gasteiger partial charge on any atom is -0.506 e. The Morgan fingerprint density at radius 1 is 1.12 bits per heavy atom. The Hall–Kier alpha value is -0.780. The monoisotopic (exact) mass is 597 g/mol. The third-order valence-corrected chi connectivity index (χ3v) is 6.27. The van der Waals surface area contributed by atoms with Crippen molar-refractivity contribution in [3.8, 4) is 5.75 Å². The summed E-state index contributed by atoms with van der Waals surface area (Å²) in [4.78, 5) is 26.4. The molecule has 0 aliphatic carbocycles. The molecule has 0 bridgehead atoms. The molecule has 1 aliphatic heterocycles. The number of nitrogens with zero attached hydrogens (tertiary/aromatic N) is 1. The lowest BCUT2D eigenvalue weighted by Gasteiger charge is -2.12. The van der Waals surface area contributed by atoms with Gasteiger partial charge in [0.05, 0.1) is 18.6 Å². The van der Waals surface area contributed by atoms with E-state index >= 15 is 0 Å². The largest absolute Gasteiger partial charge is 0.506 e. The van der Waals surface area contributed by atoms with E-state index in [1.54, 1.807) is 42.5 Å². The van der Waals surface area contributed by atoms with Crippen molar-refractivity contribution in [1.29, 1.82) is 0 Å². The van der Waals surface area contributed by atoms with Crippen LogP contribution in [0.25, 0.3) is 6.08 Å². The minimum absolute atomic E-state index is 0.212. The highest BCUT2D eigenvalue weighted by Crippen LogP contribution is 2.35. The molecule has 0 saturated carbocycles. The number of amides is 2. The van der Waals surface area contributed by atoms with Crippen molar-refractivity contribution in [3.05, 3.63) is 64.6 Å². The van der Waals surface area contributed by atoms with Gasteiger partial charge in [0.1, 0.15) is 5.75 Å². The SMILES string of the molecule is O=C1S/C(=C\c2cc(I)c(O)c(I)c2)C(=O)N1Cc1ccc(Cl)cc1. The zero-order chi connectivity index (χ0) is 18.1. The van der Waals surface area contributed by atoms with Crippen molar-refractivity contribution in [2.75, 3.05) is 0 Å². The predicted octanol–water partition coefficient (Wildman–Crippen LogP) is 5.49. The van der Waals surface area contributed by atoms with E-state index in [4.69, 9.17) is 11.6 Å². The molecule has 1 fully saturated rings. The third kappa shape index (κ3) is 4.32. The molecule has 0 unspecified atom stereocenters. The number of carbonyl (C=O) groups is 2. The summed E-state index contributed by atoms with van der Waals surface area (Å²) >= 11 is 10.8. The van der Waals surface area contributed by atoms with Crippen molar-refractivity contribution >= 4 is 85.8 Å². The van der Waals surface area contributed by atoms with Crippen LogP contribution in [0.4, 0.5) is 4.79 Å². The fourth-order valence-corrected chi connectivity index (χ4v) is 5.01. The van der Waals surface area contributed by atoms with Crippen molar-refractivity contribution in [2.45, 2.75) is 6.54 Å². The van der Waals surface area contributed by atoms with Gasteiger partial charge in [-0.1, -0.05) is 23.7 Å². The number of halogens is 3. The maximum Gasteiger partial charge on any atom is 0.293 e. The van der Waals surface area contributed by atoms with E-state index in [0.717, 1.165) is 22.9 Å². The van der Waals surface area contributed by atoms with Crippen LogP contribution in [-0.2, 0) is 11.3 Å². The molecule has 8 heteroatoms. The first kappa shape index (κ1) is 19.0. The molecule has 25 heavy (non-hydrogen) atoms. The van der Waals surface area contributed by atoms with Crippen molar-refractivity contribution in [3.63, 3.8) is 0 Å². The predicted molar refractivity (Wildman–Crippen MR) is 117 cm³/mol. The van der Waals surface area contributed by atoms with Gasteiger partial charge in [0, 0.05) is 5.02 Å². The number of benzene rings is 2. The summed E-state index contributed by atoms with van der Waals surface area (Å²) in [6.07, 6.45) is 1.68. The second-order valence-corrected chi connectivity index (χ2v) is 8.98. The van der Waals surface area contributed by atoms with Gasteiger partial charge in [0.2, 0.25) is 0 Å². The first-order chi connectivity index (χ1) is 11.8.